The van der Waals surface area contributed by atoms with Crippen molar-refractivity contribution in [1.82, 2.24) is 0 Å². The Morgan fingerprint density at radius 1 is 0.850 bits per heavy atom. The second-order valence-electron chi connectivity index (χ2n) is 5.18. The minimum atomic E-state index is 0.917. The third-order valence-electron chi connectivity index (χ3n) is 3.71. The van der Waals surface area contributed by atoms with E-state index in [1.54, 1.807) is 0 Å². The van der Waals surface area contributed by atoms with Crippen LogP contribution in [-0.4, -0.2) is 0 Å². The van der Waals surface area contributed by atoms with Crippen LogP contribution < -0.4 is 4.74 Å². The maximum atomic E-state index is 6.11. The Balaban J connectivity index is 1.94. The molecule has 0 unspecified atom stereocenters. The Hall–Kier alpha value is -2.54. The largest absolute Gasteiger partial charge is 0.456 e. The van der Waals surface area contributed by atoms with Crippen LogP contribution in [0.4, 0.5) is 0 Å². The highest BCUT2D eigenvalue weighted by Gasteiger charge is 2.15. The van der Waals surface area contributed by atoms with Crippen molar-refractivity contribution in [3.05, 3.63) is 77.4 Å². The van der Waals surface area contributed by atoms with E-state index in [-0.39, 0.29) is 0 Å². The zero-order valence-corrected chi connectivity index (χ0v) is 11.3. The molecule has 0 saturated heterocycles. The van der Waals surface area contributed by atoms with Crippen LogP contribution in [0.2, 0.25) is 0 Å². The highest BCUT2D eigenvalue weighted by molar-refractivity contribution is 6.01. The molecule has 0 amide bonds. The van der Waals surface area contributed by atoms with Crippen molar-refractivity contribution in [2.75, 3.05) is 0 Å². The average Bonchev–Trinajstić information content (AvgIpc) is 2.48. The molecule has 3 aromatic rings. The van der Waals surface area contributed by atoms with E-state index < -0.39 is 0 Å². The third kappa shape index (κ3) is 1.71. The zero-order valence-electron chi connectivity index (χ0n) is 11.3. The lowest BCUT2D eigenvalue weighted by atomic mass is 9.99. The highest BCUT2D eigenvalue weighted by atomic mass is 16.5. The summed E-state index contributed by atoms with van der Waals surface area (Å²) < 4.78 is 6.11. The highest BCUT2D eigenvalue weighted by Crippen LogP contribution is 2.37. The number of benzene rings is 3. The van der Waals surface area contributed by atoms with Gasteiger partial charge in [0.15, 0.2) is 0 Å². The molecule has 1 aliphatic rings. The van der Waals surface area contributed by atoms with Crippen LogP contribution in [0.15, 0.2) is 60.7 Å². The van der Waals surface area contributed by atoms with Crippen molar-refractivity contribution < 1.29 is 4.74 Å². The predicted octanol–water partition coefficient (Wildman–Crippen LogP) is 5.04. The molecule has 3 aromatic carbocycles. The van der Waals surface area contributed by atoms with Crippen molar-refractivity contribution in [1.29, 1.82) is 0 Å². The SMILES string of the molecule is Cc1cccc(C2=Cc3cccc4cccc(c34)O2)c1. The lowest BCUT2D eigenvalue weighted by molar-refractivity contribution is 0.521. The fourth-order valence-corrected chi connectivity index (χ4v) is 2.77. The molecule has 0 N–H and O–H groups in total. The van der Waals surface area contributed by atoms with E-state index in [0.717, 1.165) is 17.1 Å². The number of aryl methyl sites for hydroxylation is 1. The maximum absolute atomic E-state index is 6.11. The quantitative estimate of drug-likeness (QED) is 0.594. The van der Waals surface area contributed by atoms with Gasteiger partial charge in [0.2, 0.25) is 0 Å². The van der Waals surface area contributed by atoms with Crippen molar-refractivity contribution >= 4 is 22.6 Å². The fraction of sp³-hybridized carbons (Fsp3) is 0.0526. The van der Waals surface area contributed by atoms with E-state index in [9.17, 15) is 0 Å². The Labute approximate surface area is 118 Å². The molecule has 1 heteroatoms. The molecule has 0 atom stereocenters. The van der Waals surface area contributed by atoms with Gasteiger partial charge in [0.25, 0.3) is 0 Å². The van der Waals surface area contributed by atoms with Crippen molar-refractivity contribution in [2.45, 2.75) is 6.92 Å². The van der Waals surface area contributed by atoms with Gasteiger partial charge in [-0.05, 0) is 36.1 Å². The van der Waals surface area contributed by atoms with Gasteiger partial charge in [-0.3, -0.25) is 0 Å². The van der Waals surface area contributed by atoms with Gasteiger partial charge in [0.05, 0.1) is 0 Å². The van der Waals surface area contributed by atoms with E-state index in [2.05, 4.69) is 61.5 Å². The minimum Gasteiger partial charge on any atom is -0.456 e. The molecular formula is C19H14O. The number of hydrogen-bond acceptors (Lipinski definition) is 1. The summed E-state index contributed by atoms with van der Waals surface area (Å²) in [5.74, 6) is 1.86. The number of rotatable bonds is 1. The topological polar surface area (TPSA) is 9.23 Å². The van der Waals surface area contributed by atoms with Crippen molar-refractivity contribution in [3.8, 4) is 5.75 Å². The van der Waals surface area contributed by atoms with E-state index >= 15 is 0 Å². The summed E-state index contributed by atoms with van der Waals surface area (Å²) in [4.78, 5) is 0. The van der Waals surface area contributed by atoms with E-state index in [0.29, 0.717) is 0 Å². The van der Waals surface area contributed by atoms with Crippen LogP contribution in [0.5, 0.6) is 5.75 Å². The summed E-state index contributed by atoms with van der Waals surface area (Å²) in [6, 6.07) is 21.0. The average molecular weight is 258 g/mol. The predicted molar refractivity (Wildman–Crippen MR) is 83.6 cm³/mol. The van der Waals surface area contributed by atoms with Crippen LogP contribution in [0.25, 0.3) is 22.6 Å². The molecule has 0 bridgehead atoms. The zero-order chi connectivity index (χ0) is 13.5. The molecule has 1 heterocycles. The Morgan fingerprint density at radius 3 is 2.50 bits per heavy atom. The fourth-order valence-electron chi connectivity index (χ4n) is 2.77. The smallest absolute Gasteiger partial charge is 0.135 e. The second-order valence-corrected chi connectivity index (χ2v) is 5.18. The molecule has 20 heavy (non-hydrogen) atoms. The first-order chi connectivity index (χ1) is 9.81. The molecule has 4 rings (SSSR count). The Kier molecular flexibility index (Phi) is 2.40. The van der Waals surface area contributed by atoms with Gasteiger partial charge in [-0.15, -0.1) is 0 Å². The Bertz CT molecular complexity index is 838. The molecule has 96 valence electrons. The van der Waals surface area contributed by atoms with Gasteiger partial charge in [-0.25, -0.2) is 0 Å². The summed E-state index contributed by atoms with van der Waals surface area (Å²) >= 11 is 0. The number of hydrogen-bond donors (Lipinski definition) is 0. The molecular weight excluding hydrogens is 244 g/mol. The molecule has 0 saturated carbocycles. The van der Waals surface area contributed by atoms with Crippen LogP contribution >= 0.6 is 0 Å². The molecule has 0 radical (unpaired) electrons. The van der Waals surface area contributed by atoms with Gasteiger partial charge in [0.1, 0.15) is 11.5 Å². The van der Waals surface area contributed by atoms with Gasteiger partial charge in [0, 0.05) is 10.9 Å². The normalized spacial score (nSPS) is 12.9. The third-order valence-corrected chi connectivity index (χ3v) is 3.71. The van der Waals surface area contributed by atoms with Gasteiger partial charge in [-0.1, -0.05) is 54.1 Å². The van der Waals surface area contributed by atoms with E-state index in [4.69, 9.17) is 4.74 Å². The van der Waals surface area contributed by atoms with Crippen LogP contribution in [-0.2, 0) is 0 Å². The maximum Gasteiger partial charge on any atom is 0.135 e. The summed E-state index contributed by atoms with van der Waals surface area (Å²) in [5, 5.41) is 2.42. The van der Waals surface area contributed by atoms with Crippen LogP contribution in [0.3, 0.4) is 0 Å². The Morgan fingerprint density at radius 2 is 1.65 bits per heavy atom. The van der Waals surface area contributed by atoms with Gasteiger partial charge < -0.3 is 4.74 Å². The molecule has 0 aliphatic carbocycles. The first-order valence-electron chi connectivity index (χ1n) is 6.79. The lowest BCUT2D eigenvalue weighted by Gasteiger charge is -2.19. The molecule has 0 aromatic heterocycles. The van der Waals surface area contributed by atoms with E-state index in [1.165, 1.54) is 21.9 Å². The molecule has 0 spiro atoms. The van der Waals surface area contributed by atoms with E-state index in [1.807, 2.05) is 12.1 Å². The molecule has 1 aliphatic heterocycles. The van der Waals surface area contributed by atoms with Gasteiger partial charge >= 0.3 is 0 Å². The summed E-state index contributed by atoms with van der Waals surface area (Å²) in [7, 11) is 0. The monoisotopic (exact) mass is 258 g/mol. The molecule has 0 fully saturated rings. The summed E-state index contributed by atoms with van der Waals surface area (Å²) in [6.45, 7) is 2.10. The first kappa shape index (κ1) is 11.3. The van der Waals surface area contributed by atoms with Crippen LogP contribution in [0.1, 0.15) is 16.7 Å². The van der Waals surface area contributed by atoms with Crippen molar-refractivity contribution in [2.24, 2.45) is 0 Å². The van der Waals surface area contributed by atoms with Gasteiger partial charge in [-0.2, -0.15) is 0 Å². The van der Waals surface area contributed by atoms with Crippen LogP contribution in [0, 0.1) is 6.92 Å². The first-order valence-corrected chi connectivity index (χ1v) is 6.79. The second kappa shape index (κ2) is 4.24. The summed E-state index contributed by atoms with van der Waals surface area (Å²) in [5.41, 5.74) is 3.58. The lowest BCUT2D eigenvalue weighted by Crippen LogP contribution is -2.01. The standard InChI is InChI=1S/C19H14O/c1-13-5-2-8-15(11-13)18-12-16-9-3-6-14-7-4-10-17(20-18)19(14)16/h2-12H,1H3. The molecule has 1 nitrogen and oxygen atoms in total. The van der Waals surface area contributed by atoms with Crippen molar-refractivity contribution in [3.63, 3.8) is 0 Å². The number of ether oxygens (including phenoxy) is 1. The minimum absolute atomic E-state index is 0.917. The summed E-state index contributed by atoms with van der Waals surface area (Å²) in [6.07, 6.45) is 2.13.